The number of carboxylic acid groups (broad SMARTS) is 1. The van der Waals surface area contributed by atoms with E-state index in [4.69, 9.17) is 9.84 Å². The number of hydrogen-bond donors (Lipinski definition) is 1. The summed E-state index contributed by atoms with van der Waals surface area (Å²) in [4.78, 5) is 13.0. The van der Waals surface area contributed by atoms with Gasteiger partial charge in [-0.1, -0.05) is 18.2 Å². The van der Waals surface area contributed by atoms with Crippen LogP contribution in [-0.2, 0) is 11.0 Å². The van der Waals surface area contributed by atoms with E-state index >= 15 is 0 Å². The molecule has 0 aliphatic carbocycles. The number of rotatable bonds is 3. The first-order valence-electron chi connectivity index (χ1n) is 9.25. The molecule has 1 N–H and O–H groups in total. The molecule has 2 heterocycles. The SMILES string of the molecule is CC1(C)C=C(c2cccc(N3CC(C(=O)O)C3)c2)c2ccc(C(F)(F)F)cc2O1. The van der Waals surface area contributed by atoms with Crippen molar-refractivity contribution < 1.29 is 27.8 Å². The van der Waals surface area contributed by atoms with Crippen molar-refractivity contribution in [2.24, 2.45) is 5.92 Å². The summed E-state index contributed by atoms with van der Waals surface area (Å²) >= 11 is 0. The topological polar surface area (TPSA) is 49.8 Å². The number of nitrogens with zero attached hydrogens (tertiary/aromatic N) is 1. The fourth-order valence-corrected chi connectivity index (χ4v) is 3.70. The third-order valence-corrected chi connectivity index (χ3v) is 5.22. The summed E-state index contributed by atoms with van der Waals surface area (Å²) in [5.41, 5.74) is 1.61. The second kappa shape index (κ2) is 6.54. The number of carbonyl (C=O) groups is 1. The number of fused-ring (bicyclic) bond motifs is 1. The van der Waals surface area contributed by atoms with Crippen LogP contribution in [0.1, 0.15) is 30.5 Å². The van der Waals surface area contributed by atoms with Gasteiger partial charge in [-0.2, -0.15) is 13.2 Å². The molecule has 2 aliphatic rings. The van der Waals surface area contributed by atoms with Crippen molar-refractivity contribution in [1.82, 2.24) is 0 Å². The molecule has 2 aromatic rings. The molecule has 4 nitrogen and oxygen atoms in total. The van der Waals surface area contributed by atoms with Crippen LogP contribution in [0, 0.1) is 5.92 Å². The Morgan fingerprint density at radius 2 is 1.90 bits per heavy atom. The molecule has 0 saturated carbocycles. The van der Waals surface area contributed by atoms with Crippen LogP contribution in [0.25, 0.3) is 5.57 Å². The van der Waals surface area contributed by atoms with Crippen molar-refractivity contribution in [2.75, 3.05) is 18.0 Å². The maximum absolute atomic E-state index is 13.1. The fourth-order valence-electron chi connectivity index (χ4n) is 3.70. The quantitative estimate of drug-likeness (QED) is 0.798. The van der Waals surface area contributed by atoms with Gasteiger partial charge < -0.3 is 14.7 Å². The molecule has 2 aromatic carbocycles. The van der Waals surface area contributed by atoms with E-state index in [1.807, 2.05) is 35.2 Å². The van der Waals surface area contributed by atoms with Gasteiger partial charge in [-0.3, -0.25) is 4.79 Å². The Kier molecular flexibility index (Phi) is 4.37. The Morgan fingerprint density at radius 1 is 1.17 bits per heavy atom. The van der Waals surface area contributed by atoms with Crippen molar-refractivity contribution in [1.29, 1.82) is 0 Å². The van der Waals surface area contributed by atoms with Crippen LogP contribution < -0.4 is 9.64 Å². The van der Waals surface area contributed by atoms with Crippen molar-refractivity contribution in [3.05, 3.63) is 65.2 Å². The average Bonchev–Trinajstić information content (AvgIpc) is 2.57. The van der Waals surface area contributed by atoms with E-state index in [9.17, 15) is 18.0 Å². The van der Waals surface area contributed by atoms with E-state index in [0.717, 1.165) is 29.0 Å². The zero-order chi connectivity index (χ0) is 21.0. The molecule has 1 fully saturated rings. The maximum Gasteiger partial charge on any atom is 0.416 e. The number of ether oxygens (including phenoxy) is 1. The number of anilines is 1. The molecule has 0 amide bonds. The van der Waals surface area contributed by atoms with E-state index in [2.05, 4.69) is 0 Å². The van der Waals surface area contributed by atoms with Gasteiger partial charge in [-0.05, 0) is 55.3 Å². The lowest BCUT2D eigenvalue weighted by atomic mass is 9.88. The van der Waals surface area contributed by atoms with Crippen LogP contribution in [0.3, 0.4) is 0 Å². The summed E-state index contributed by atoms with van der Waals surface area (Å²) in [5.74, 6) is -0.982. The first kappa shape index (κ1) is 19.4. The van der Waals surface area contributed by atoms with Crippen LogP contribution in [0.2, 0.25) is 0 Å². The summed E-state index contributed by atoms with van der Waals surface area (Å²) in [5, 5.41) is 9.07. The van der Waals surface area contributed by atoms with Crippen LogP contribution >= 0.6 is 0 Å². The zero-order valence-electron chi connectivity index (χ0n) is 16.0. The lowest BCUT2D eigenvalue weighted by Gasteiger charge is -2.39. The lowest BCUT2D eigenvalue weighted by Crippen LogP contribution is -2.50. The van der Waals surface area contributed by atoms with Gasteiger partial charge in [0.05, 0.1) is 11.5 Å². The third kappa shape index (κ3) is 3.69. The molecule has 0 radical (unpaired) electrons. The zero-order valence-corrected chi connectivity index (χ0v) is 16.0. The van der Waals surface area contributed by atoms with Crippen LogP contribution in [0.4, 0.5) is 18.9 Å². The van der Waals surface area contributed by atoms with Gasteiger partial charge in [0, 0.05) is 24.3 Å². The number of alkyl halides is 3. The highest BCUT2D eigenvalue weighted by molar-refractivity contribution is 5.86. The van der Waals surface area contributed by atoms with Gasteiger partial charge in [-0.25, -0.2) is 0 Å². The molecule has 0 unspecified atom stereocenters. The fraction of sp³-hybridized carbons (Fsp3) is 0.318. The summed E-state index contributed by atoms with van der Waals surface area (Å²) in [6, 6.07) is 11.1. The molecule has 0 bridgehead atoms. The Labute approximate surface area is 166 Å². The number of halogens is 3. The molecule has 0 spiro atoms. The van der Waals surface area contributed by atoms with Gasteiger partial charge >= 0.3 is 12.1 Å². The third-order valence-electron chi connectivity index (χ3n) is 5.22. The highest BCUT2D eigenvalue weighted by Crippen LogP contribution is 2.43. The first-order chi connectivity index (χ1) is 13.5. The van der Waals surface area contributed by atoms with Crippen molar-refractivity contribution >= 4 is 17.2 Å². The maximum atomic E-state index is 13.1. The van der Waals surface area contributed by atoms with Crippen molar-refractivity contribution in [3.8, 4) is 5.75 Å². The van der Waals surface area contributed by atoms with Crippen LogP contribution in [-0.4, -0.2) is 29.8 Å². The Hall–Kier alpha value is -2.96. The average molecular weight is 403 g/mol. The molecular weight excluding hydrogens is 383 g/mol. The second-order valence-electron chi connectivity index (χ2n) is 7.96. The number of hydrogen-bond acceptors (Lipinski definition) is 3. The highest BCUT2D eigenvalue weighted by Gasteiger charge is 2.35. The molecular formula is C22H20F3NO3. The lowest BCUT2D eigenvalue weighted by molar-refractivity contribution is -0.142. The van der Waals surface area contributed by atoms with Crippen LogP contribution in [0.5, 0.6) is 5.75 Å². The predicted octanol–water partition coefficient (Wildman–Crippen LogP) is 4.83. The smallest absolute Gasteiger partial charge is 0.416 e. The molecule has 29 heavy (non-hydrogen) atoms. The van der Waals surface area contributed by atoms with E-state index in [1.165, 1.54) is 6.07 Å². The summed E-state index contributed by atoms with van der Waals surface area (Å²) in [7, 11) is 0. The summed E-state index contributed by atoms with van der Waals surface area (Å²) < 4.78 is 45.2. The van der Waals surface area contributed by atoms with Gasteiger partial charge in [0.25, 0.3) is 0 Å². The van der Waals surface area contributed by atoms with Gasteiger partial charge in [0.1, 0.15) is 11.4 Å². The Morgan fingerprint density at radius 3 is 2.55 bits per heavy atom. The number of aliphatic carboxylic acids is 1. The van der Waals surface area contributed by atoms with E-state index in [0.29, 0.717) is 18.7 Å². The molecule has 152 valence electrons. The van der Waals surface area contributed by atoms with E-state index in [1.54, 1.807) is 13.8 Å². The number of benzene rings is 2. The molecule has 0 atom stereocenters. The van der Waals surface area contributed by atoms with E-state index in [-0.39, 0.29) is 11.7 Å². The minimum absolute atomic E-state index is 0.197. The highest BCUT2D eigenvalue weighted by atomic mass is 19.4. The molecule has 7 heteroatoms. The van der Waals surface area contributed by atoms with Gasteiger partial charge in [0.2, 0.25) is 0 Å². The first-order valence-corrected chi connectivity index (χ1v) is 9.25. The van der Waals surface area contributed by atoms with Crippen LogP contribution in [0.15, 0.2) is 48.5 Å². The summed E-state index contributed by atoms with van der Waals surface area (Å²) in [6.45, 7) is 4.48. The minimum atomic E-state index is -4.44. The Bertz CT molecular complexity index is 1000. The second-order valence-corrected chi connectivity index (χ2v) is 7.96. The molecule has 1 saturated heterocycles. The Balaban J connectivity index is 1.71. The monoisotopic (exact) mass is 403 g/mol. The molecule has 2 aliphatic heterocycles. The van der Waals surface area contributed by atoms with Gasteiger partial charge in [-0.15, -0.1) is 0 Å². The molecule has 0 aromatic heterocycles. The summed E-state index contributed by atoms with van der Waals surface area (Å²) in [6.07, 6.45) is -2.54. The van der Waals surface area contributed by atoms with Crippen molar-refractivity contribution in [3.63, 3.8) is 0 Å². The standard InChI is InChI=1S/C22H20F3NO3/c1-21(2)10-18(17-7-6-15(22(23,24)25)9-19(17)29-21)13-4-3-5-16(8-13)26-11-14(12-26)20(27)28/h3-10,14H,11-12H2,1-2H3,(H,27,28). The minimum Gasteiger partial charge on any atom is -0.483 e. The molecule has 4 rings (SSSR count). The van der Waals surface area contributed by atoms with E-state index < -0.39 is 23.3 Å². The normalized spacial score (nSPS) is 18.4. The largest absolute Gasteiger partial charge is 0.483 e. The van der Waals surface area contributed by atoms with Crippen molar-refractivity contribution in [2.45, 2.75) is 25.6 Å². The number of carboxylic acids is 1. The predicted molar refractivity (Wildman–Crippen MR) is 103 cm³/mol. The van der Waals surface area contributed by atoms with Gasteiger partial charge in [0.15, 0.2) is 0 Å².